The van der Waals surface area contributed by atoms with Gasteiger partial charge in [-0.3, -0.25) is 0 Å². The SMILES string of the molecule is C=C(C)C(=O)OCCCCCCCC[Si](C)(C)C. The minimum atomic E-state index is -0.828. The highest BCUT2D eigenvalue weighted by Gasteiger charge is 2.11. The number of carbonyl (C=O) groups is 1. The Bertz CT molecular complexity index is 254. The van der Waals surface area contributed by atoms with E-state index in [1.54, 1.807) is 6.92 Å². The van der Waals surface area contributed by atoms with Crippen LogP contribution in [0.4, 0.5) is 0 Å². The van der Waals surface area contributed by atoms with Crippen LogP contribution in [0.1, 0.15) is 45.4 Å². The Morgan fingerprint density at radius 2 is 1.50 bits per heavy atom. The molecule has 0 aromatic heterocycles. The van der Waals surface area contributed by atoms with Gasteiger partial charge in [0.15, 0.2) is 0 Å². The molecule has 0 fully saturated rings. The Hall–Kier alpha value is -0.573. The van der Waals surface area contributed by atoms with Gasteiger partial charge < -0.3 is 4.74 Å². The van der Waals surface area contributed by atoms with Crippen molar-refractivity contribution in [2.24, 2.45) is 0 Å². The highest BCUT2D eigenvalue weighted by Crippen LogP contribution is 2.15. The molecule has 0 amide bonds. The quantitative estimate of drug-likeness (QED) is 0.247. The first kappa shape index (κ1) is 17.4. The Kier molecular flexibility index (Phi) is 9.07. The molecule has 2 nitrogen and oxygen atoms in total. The highest BCUT2D eigenvalue weighted by atomic mass is 28.3. The topological polar surface area (TPSA) is 26.3 Å². The smallest absolute Gasteiger partial charge is 0.333 e. The fourth-order valence-electron chi connectivity index (χ4n) is 1.75. The second kappa shape index (κ2) is 9.37. The van der Waals surface area contributed by atoms with Crippen molar-refractivity contribution in [2.75, 3.05) is 6.61 Å². The van der Waals surface area contributed by atoms with Gasteiger partial charge in [-0.25, -0.2) is 4.79 Å². The number of ether oxygens (including phenoxy) is 1. The van der Waals surface area contributed by atoms with E-state index in [9.17, 15) is 4.79 Å². The van der Waals surface area contributed by atoms with E-state index < -0.39 is 8.07 Å². The molecule has 0 aliphatic heterocycles. The van der Waals surface area contributed by atoms with Gasteiger partial charge in [-0.15, -0.1) is 0 Å². The summed E-state index contributed by atoms with van der Waals surface area (Å²) in [4.78, 5) is 11.1. The molecule has 0 atom stereocenters. The number of hydrogen-bond donors (Lipinski definition) is 0. The van der Waals surface area contributed by atoms with E-state index in [2.05, 4.69) is 26.2 Å². The molecule has 0 heterocycles. The summed E-state index contributed by atoms with van der Waals surface area (Å²) in [5, 5.41) is 0. The van der Waals surface area contributed by atoms with Gasteiger partial charge in [-0.05, 0) is 13.3 Å². The van der Waals surface area contributed by atoms with E-state index in [4.69, 9.17) is 4.74 Å². The zero-order chi connectivity index (χ0) is 14.0. The van der Waals surface area contributed by atoms with Crippen LogP contribution in [0.5, 0.6) is 0 Å². The van der Waals surface area contributed by atoms with Crippen molar-refractivity contribution >= 4 is 14.0 Å². The number of esters is 1. The molecule has 0 saturated carbocycles. The van der Waals surface area contributed by atoms with E-state index >= 15 is 0 Å². The third-order valence-corrected chi connectivity index (χ3v) is 4.76. The number of rotatable bonds is 10. The van der Waals surface area contributed by atoms with Gasteiger partial charge in [0.1, 0.15) is 0 Å². The van der Waals surface area contributed by atoms with Gasteiger partial charge >= 0.3 is 5.97 Å². The molecule has 0 saturated heterocycles. The summed E-state index contributed by atoms with van der Waals surface area (Å²) in [6.45, 7) is 13.1. The Morgan fingerprint density at radius 1 is 1.00 bits per heavy atom. The Balaban J connectivity index is 3.22. The Labute approximate surface area is 114 Å². The molecule has 0 aliphatic rings. The van der Waals surface area contributed by atoms with Crippen molar-refractivity contribution in [3.8, 4) is 0 Å². The highest BCUT2D eigenvalue weighted by molar-refractivity contribution is 6.76. The summed E-state index contributed by atoms with van der Waals surface area (Å²) in [5.74, 6) is -0.259. The fraction of sp³-hybridized carbons (Fsp3) is 0.800. The van der Waals surface area contributed by atoms with Gasteiger partial charge in [0, 0.05) is 13.6 Å². The maximum absolute atomic E-state index is 11.1. The van der Waals surface area contributed by atoms with Crippen molar-refractivity contribution in [3.05, 3.63) is 12.2 Å². The van der Waals surface area contributed by atoms with Crippen molar-refractivity contribution < 1.29 is 9.53 Å². The monoisotopic (exact) mass is 270 g/mol. The zero-order valence-electron chi connectivity index (χ0n) is 12.7. The largest absolute Gasteiger partial charge is 0.462 e. The molecule has 0 bridgehead atoms. The third-order valence-electron chi connectivity index (χ3n) is 2.90. The first-order valence-electron chi connectivity index (χ1n) is 7.15. The van der Waals surface area contributed by atoms with E-state index in [-0.39, 0.29) is 5.97 Å². The normalized spacial score (nSPS) is 11.3. The maximum Gasteiger partial charge on any atom is 0.333 e. The summed E-state index contributed by atoms with van der Waals surface area (Å²) >= 11 is 0. The standard InChI is InChI=1S/C15H30O2Si/c1-14(2)15(16)17-12-10-8-6-7-9-11-13-18(3,4)5/h1,6-13H2,2-5H3. The molecule has 0 N–H and O–H groups in total. The molecule has 0 aromatic rings. The van der Waals surface area contributed by atoms with E-state index in [0.717, 1.165) is 12.8 Å². The lowest BCUT2D eigenvalue weighted by molar-refractivity contribution is -0.139. The molecule has 106 valence electrons. The van der Waals surface area contributed by atoms with Crippen molar-refractivity contribution in [1.29, 1.82) is 0 Å². The van der Waals surface area contributed by atoms with Crippen molar-refractivity contribution in [3.63, 3.8) is 0 Å². The van der Waals surface area contributed by atoms with Crippen LogP contribution in [-0.4, -0.2) is 20.7 Å². The summed E-state index contributed by atoms with van der Waals surface area (Å²) in [6.07, 6.45) is 7.47. The van der Waals surface area contributed by atoms with Crippen LogP contribution >= 0.6 is 0 Å². The minimum absolute atomic E-state index is 0.259. The molecule has 0 radical (unpaired) electrons. The molecular formula is C15H30O2Si. The van der Waals surface area contributed by atoms with Crippen LogP contribution in [-0.2, 0) is 9.53 Å². The van der Waals surface area contributed by atoms with Crippen LogP contribution in [0, 0.1) is 0 Å². The lowest BCUT2D eigenvalue weighted by atomic mass is 10.1. The van der Waals surface area contributed by atoms with Gasteiger partial charge in [0.25, 0.3) is 0 Å². The average molecular weight is 270 g/mol. The summed E-state index contributed by atoms with van der Waals surface area (Å²) in [7, 11) is -0.828. The zero-order valence-corrected chi connectivity index (χ0v) is 13.7. The fourth-order valence-corrected chi connectivity index (χ4v) is 3.06. The van der Waals surface area contributed by atoms with E-state index in [1.165, 1.54) is 31.7 Å². The summed E-state index contributed by atoms with van der Waals surface area (Å²) in [5.41, 5.74) is 0.487. The second-order valence-corrected chi connectivity index (χ2v) is 12.0. The number of carbonyl (C=O) groups excluding carboxylic acids is 1. The molecule has 0 rings (SSSR count). The third kappa shape index (κ3) is 11.9. The molecule has 0 aromatic carbocycles. The lowest BCUT2D eigenvalue weighted by Crippen LogP contribution is -2.18. The van der Waals surface area contributed by atoms with Crippen LogP contribution in [0.25, 0.3) is 0 Å². The molecule has 0 unspecified atom stereocenters. The average Bonchev–Trinajstić information content (AvgIpc) is 2.24. The Morgan fingerprint density at radius 3 is 2.00 bits per heavy atom. The minimum Gasteiger partial charge on any atom is -0.462 e. The molecule has 3 heteroatoms. The first-order valence-corrected chi connectivity index (χ1v) is 10.9. The van der Waals surface area contributed by atoms with Gasteiger partial charge in [0.05, 0.1) is 6.61 Å². The van der Waals surface area contributed by atoms with Crippen molar-refractivity contribution in [1.82, 2.24) is 0 Å². The van der Waals surface area contributed by atoms with Crippen LogP contribution in [0.3, 0.4) is 0 Å². The lowest BCUT2D eigenvalue weighted by Gasteiger charge is -2.14. The maximum atomic E-state index is 11.1. The summed E-state index contributed by atoms with van der Waals surface area (Å²) < 4.78 is 5.04. The van der Waals surface area contributed by atoms with Gasteiger partial charge in [-0.1, -0.05) is 64.4 Å². The predicted octanol–water partition coefficient (Wildman–Crippen LogP) is 4.78. The van der Waals surface area contributed by atoms with Gasteiger partial charge in [0.2, 0.25) is 0 Å². The molecular weight excluding hydrogens is 240 g/mol. The van der Waals surface area contributed by atoms with Crippen LogP contribution < -0.4 is 0 Å². The van der Waals surface area contributed by atoms with Crippen LogP contribution in [0.2, 0.25) is 25.7 Å². The number of unbranched alkanes of at least 4 members (excludes halogenated alkanes) is 5. The predicted molar refractivity (Wildman–Crippen MR) is 81.6 cm³/mol. The van der Waals surface area contributed by atoms with Gasteiger partial charge in [-0.2, -0.15) is 0 Å². The van der Waals surface area contributed by atoms with E-state index in [0.29, 0.717) is 12.2 Å². The van der Waals surface area contributed by atoms with Crippen molar-refractivity contribution in [2.45, 2.75) is 71.1 Å². The second-order valence-electron chi connectivity index (χ2n) is 6.35. The molecule has 0 spiro atoms. The molecule has 0 aliphatic carbocycles. The van der Waals surface area contributed by atoms with Crippen LogP contribution in [0.15, 0.2) is 12.2 Å². The van der Waals surface area contributed by atoms with E-state index in [1.807, 2.05) is 0 Å². The first-order chi connectivity index (χ1) is 8.33. The molecule has 18 heavy (non-hydrogen) atoms. The number of hydrogen-bond acceptors (Lipinski definition) is 2. The summed E-state index contributed by atoms with van der Waals surface area (Å²) in [6, 6.07) is 1.45.